The molecule has 1 rings (SSSR count). The molecule has 8 atom stereocenters. The summed E-state index contributed by atoms with van der Waals surface area (Å²) in [5.74, 6) is -1.10. The fourth-order valence-electron chi connectivity index (χ4n) is 7.11. The molecule has 0 aliphatic heterocycles. The van der Waals surface area contributed by atoms with Gasteiger partial charge in [0.2, 0.25) is 0 Å². The third kappa shape index (κ3) is 27.4. The third-order valence-corrected chi connectivity index (χ3v) is 11.8. The van der Waals surface area contributed by atoms with Crippen LogP contribution in [-0.2, 0) is 32.7 Å². The summed E-state index contributed by atoms with van der Waals surface area (Å²) in [5, 5.41) is 50.1. The van der Waals surface area contributed by atoms with Crippen LogP contribution in [0.1, 0.15) is 200 Å². The van der Waals surface area contributed by atoms with Gasteiger partial charge in [0.25, 0.3) is 0 Å². The molecule has 0 amide bonds. The predicted octanol–water partition coefficient (Wildman–Crippen LogP) is 8.67. The van der Waals surface area contributed by atoms with Crippen LogP contribution in [0.15, 0.2) is 12.2 Å². The van der Waals surface area contributed by atoms with Gasteiger partial charge >= 0.3 is 19.8 Å². The normalized spacial score (nSPS) is 22.6. The van der Waals surface area contributed by atoms with Gasteiger partial charge in [-0.05, 0) is 38.5 Å². The number of phosphoric acid groups is 1. The number of aliphatic hydroxyl groups is 5. The number of rotatable bonds is 38. The van der Waals surface area contributed by atoms with Crippen molar-refractivity contribution in [3.05, 3.63) is 12.2 Å². The highest BCUT2D eigenvalue weighted by molar-refractivity contribution is 7.47. The molecular formula is C44H83O13P. The lowest BCUT2D eigenvalue weighted by Gasteiger charge is -2.41. The van der Waals surface area contributed by atoms with Crippen LogP contribution >= 0.6 is 7.82 Å². The second-order valence-corrected chi connectivity index (χ2v) is 17.7. The molecule has 13 nitrogen and oxygen atoms in total. The number of aliphatic hydroxyl groups excluding tert-OH is 5. The summed E-state index contributed by atoms with van der Waals surface area (Å²) >= 11 is 0. The lowest BCUT2D eigenvalue weighted by Crippen LogP contribution is -2.64. The van der Waals surface area contributed by atoms with Gasteiger partial charge in [-0.1, -0.05) is 161 Å². The van der Waals surface area contributed by atoms with Crippen molar-refractivity contribution in [1.29, 1.82) is 0 Å². The Balaban J connectivity index is 2.45. The Labute approximate surface area is 350 Å². The Morgan fingerprint density at radius 2 is 0.879 bits per heavy atom. The van der Waals surface area contributed by atoms with Gasteiger partial charge in [0.1, 0.15) is 43.2 Å². The van der Waals surface area contributed by atoms with E-state index in [-0.39, 0.29) is 12.8 Å². The zero-order valence-corrected chi connectivity index (χ0v) is 37.0. The van der Waals surface area contributed by atoms with E-state index in [4.69, 9.17) is 18.5 Å². The minimum absolute atomic E-state index is 0.101. The summed E-state index contributed by atoms with van der Waals surface area (Å²) in [4.78, 5) is 35.6. The molecular weight excluding hydrogens is 767 g/mol. The fraction of sp³-hybridized carbons (Fsp3) is 0.909. The van der Waals surface area contributed by atoms with Crippen molar-refractivity contribution < 1.29 is 63.1 Å². The average Bonchev–Trinajstić information content (AvgIpc) is 3.20. The molecule has 0 bridgehead atoms. The SMILES string of the molecule is CCCCC/C=C/CCCCCCCC(=O)OC[C@H](COP(=O)(O)OC1C(O)C(O)C(O)[C@@H](O)C1O)OC(=O)CCCCCCCCCCCCCCCCCCC. The molecule has 1 aliphatic carbocycles. The van der Waals surface area contributed by atoms with Crippen LogP contribution in [0.4, 0.5) is 0 Å². The van der Waals surface area contributed by atoms with Crippen LogP contribution < -0.4 is 0 Å². The first-order valence-corrected chi connectivity index (χ1v) is 24.5. The van der Waals surface area contributed by atoms with Crippen LogP contribution in [0.2, 0.25) is 0 Å². The number of hydrogen-bond donors (Lipinski definition) is 6. The maximum atomic E-state index is 12.8. The van der Waals surface area contributed by atoms with Gasteiger partial charge in [-0.2, -0.15) is 0 Å². The maximum Gasteiger partial charge on any atom is 0.472 e. The van der Waals surface area contributed by atoms with Crippen LogP contribution in [0.5, 0.6) is 0 Å². The molecule has 1 aliphatic rings. The fourth-order valence-corrected chi connectivity index (χ4v) is 8.08. The molecule has 1 fully saturated rings. The molecule has 58 heavy (non-hydrogen) atoms. The molecule has 0 aromatic carbocycles. The van der Waals surface area contributed by atoms with Gasteiger partial charge in [-0.3, -0.25) is 18.6 Å². The molecule has 342 valence electrons. The lowest BCUT2D eigenvalue weighted by atomic mass is 9.85. The van der Waals surface area contributed by atoms with Crippen molar-refractivity contribution in [3.8, 4) is 0 Å². The largest absolute Gasteiger partial charge is 0.472 e. The van der Waals surface area contributed by atoms with Gasteiger partial charge in [-0.15, -0.1) is 0 Å². The first kappa shape index (κ1) is 54.6. The number of esters is 2. The number of phosphoric ester groups is 1. The molecule has 0 spiro atoms. The Morgan fingerprint density at radius 3 is 1.34 bits per heavy atom. The second-order valence-electron chi connectivity index (χ2n) is 16.3. The number of carbonyl (C=O) groups excluding carboxylic acids is 2. The number of hydrogen-bond acceptors (Lipinski definition) is 12. The van der Waals surface area contributed by atoms with Crippen molar-refractivity contribution in [2.24, 2.45) is 0 Å². The average molecular weight is 851 g/mol. The number of carbonyl (C=O) groups is 2. The monoisotopic (exact) mass is 851 g/mol. The van der Waals surface area contributed by atoms with Crippen molar-refractivity contribution >= 4 is 19.8 Å². The third-order valence-electron chi connectivity index (χ3n) is 10.9. The first-order chi connectivity index (χ1) is 27.9. The van der Waals surface area contributed by atoms with E-state index in [1.165, 1.54) is 103 Å². The van der Waals surface area contributed by atoms with E-state index in [2.05, 4.69) is 26.0 Å². The van der Waals surface area contributed by atoms with Gasteiger partial charge in [-0.25, -0.2) is 4.57 Å². The van der Waals surface area contributed by atoms with Crippen LogP contribution in [0.25, 0.3) is 0 Å². The van der Waals surface area contributed by atoms with Crippen LogP contribution in [-0.4, -0.2) is 98.3 Å². The van der Waals surface area contributed by atoms with E-state index < -0.39 is 75.7 Å². The Morgan fingerprint density at radius 1 is 0.517 bits per heavy atom. The van der Waals surface area contributed by atoms with E-state index >= 15 is 0 Å². The van der Waals surface area contributed by atoms with Gasteiger partial charge in [0.15, 0.2) is 6.10 Å². The summed E-state index contributed by atoms with van der Waals surface area (Å²) in [5.41, 5.74) is 0. The Hall–Kier alpha value is -1.41. The molecule has 6 N–H and O–H groups in total. The summed E-state index contributed by atoms with van der Waals surface area (Å²) in [6.45, 7) is 3.28. The predicted molar refractivity (Wildman–Crippen MR) is 226 cm³/mol. The highest BCUT2D eigenvalue weighted by Crippen LogP contribution is 2.47. The molecule has 0 aromatic rings. The Bertz CT molecular complexity index is 1080. The van der Waals surface area contributed by atoms with Gasteiger partial charge in [0, 0.05) is 12.8 Å². The molecule has 0 saturated heterocycles. The summed E-state index contributed by atoms with van der Waals surface area (Å²) in [7, 11) is -5.11. The van der Waals surface area contributed by atoms with Crippen molar-refractivity contribution in [2.45, 2.75) is 243 Å². The van der Waals surface area contributed by atoms with Crippen LogP contribution in [0, 0.1) is 0 Å². The van der Waals surface area contributed by atoms with Crippen molar-refractivity contribution in [1.82, 2.24) is 0 Å². The molecule has 0 aromatic heterocycles. The maximum absolute atomic E-state index is 12.8. The van der Waals surface area contributed by atoms with E-state index in [1.807, 2.05) is 0 Å². The molecule has 6 unspecified atom stereocenters. The lowest BCUT2D eigenvalue weighted by molar-refractivity contribution is -0.220. The summed E-state index contributed by atoms with van der Waals surface area (Å²) in [6, 6.07) is 0. The van der Waals surface area contributed by atoms with Gasteiger partial charge in [0.05, 0.1) is 6.61 Å². The quantitative estimate of drug-likeness (QED) is 0.0149. The second kappa shape index (κ2) is 35.2. The smallest absolute Gasteiger partial charge is 0.462 e. The van der Waals surface area contributed by atoms with E-state index in [0.29, 0.717) is 12.8 Å². The van der Waals surface area contributed by atoms with Gasteiger partial charge < -0.3 is 39.9 Å². The molecule has 1 saturated carbocycles. The number of ether oxygens (including phenoxy) is 2. The number of unbranched alkanes of at least 4 members (excludes halogenated alkanes) is 24. The molecule has 0 radical (unpaired) electrons. The Kier molecular flexibility index (Phi) is 33.2. The summed E-state index contributed by atoms with van der Waals surface area (Å²) in [6.07, 6.45) is 22.7. The number of allylic oxidation sites excluding steroid dienone is 2. The molecule has 0 heterocycles. The zero-order chi connectivity index (χ0) is 42.9. The zero-order valence-electron chi connectivity index (χ0n) is 36.1. The van der Waals surface area contributed by atoms with E-state index in [9.17, 15) is 44.6 Å². The minimum atomic E-state index is -5.11. The molecule has 14 heteroatoms. The van der Waals surface area contributed by atoms with E-state index in [0.717, 1.165) is 57.8 Å². The highest BCUT2D eigenvalue weighted by Gasteiger charge is 2.51. The highest BCUT2D eigenvalue weighted by atomic mass is 31.2. The first-order valence-electron chi connectivity index (χ1n) is 23.0. The topological polar surface area (TPSA) is 210 Å². The van der Waals surface area contributed by atoms with Crippen LogP contribution in [0.3, 0.4) is 0 Å². The van der Waals surface area contributed by atoms with Crippen molar-refractivity contribution in [2.75, 3.05) is 13.2 Å². The minimum Gasteiger partial charge on any atom is -0.462 e. The van der Waals surface area contributed by atoms with E-state index in [1.54, 1.807) is 0 Å². The summed E-state index contributed by atoms with van der Waals surface area (Å²) < 4.78 is 33.5. The van der Waals surface area contributed by atoms with Crippen molar-refractivity contribution in [3.63, 3.8) is 0 Å². The standard InChI is InChI=1S/C44H83O13P/c1-3-5-7-9-11-13-15-17-18-19-20-21-23-25-27-29-31-33-38(46)56-36(34-54-37(45)32-30-28-26-24-22-16-14-12-10-8-6-4-2)35-55-58(52,53)57-44-42(50)40(48)39(47)41(49)43(44)51/h12,14,36,39-44,47-51H,3-11,13,15-35H2,1-2H3,(H,52,53)/b14-12+/t36-,39?,40-,41?,42?,43?,44?/m1/s1.